The zero-order valence-electron chi connectivity index (χ0n) is 40.8. The maximum atomic E-state index is 15.0. The molecule has 0 radical (unpaired) electrons. The quantitative estimate of drug-likeness (QED) is 0.0237. The molecule has 0 aliphatic heterocycles. The Morgan fingerprint density at radius 1 is 0.382 bits per heavy atom. The molecule has 10 nitrogen and oxygen atoms in total. The molecule has 0 atom stereocenters. The molecule has 0 aliphatic carbocycles. The molecule has 374 valence electrons. The van der Waals surface area contributed by atoms with E-state index in [1.165, 1.54) is 101 Å². The lowest BCUT2D eigenvalue weighted by Gasteiger charge is -2.11. The highest BCUT2D eigenvalue weighted by molar-refractivity contribution is 5.92. The average Bonchev–Trinajstić information content (AvgIpc) is 3.33. The number of ether oxygens (including phenoxy) is 6. The van der Waals surface area contributed by atoms with Crippen LogP contribution in [0.1, 0.15) is 189 Å². The Morgan fingerprint density at radius 2 is 0.632 bits per heavy atom. The Kier molecular flexibility index (Phi) is 29.0. The first kappa shape index (κ1) is 56.8. The van der Waals surface area contributed by atoms with Gasteiger partial charge in [-0.2, -0.15) is 8.78 Å². The minimum Gasteiger partial charge on any atom is -0.494 e. The van der Waals surface area contributed by atoms with E-state index in [2.05, 4.69) is 13.2 Å². The molecule has 0 aliphatic rings. The lowest BCUT2D eigenvalue weighted by Crippen LogP contribution is -2.12. The number of hydrogen-bond donors (Lipinski definition) is 0. The van der Waals surface area contributed by atoms with Crippen LogP contribution in [0.15, 0.2) is 85.0 Å². The average molecular weight is 947 g/mol. The largest absolute Gasteiger partial charge is 0.494 e. The van der Waals surface area contributed by atoms with Crippen LogP contribution >= 0.6 is 0 Å². The highest BCUT2D eigenvalue weighted by atomic mass is 19.2. The number of unbranched alkanes of at least 4 members (excludes halogenated alkanes) is 22. The summed E-state index contributed by atoms with van der Waals surface area (Å²) in [6, 6.07) is 14.5. The van der Waals surface area contributed by atoms with Crippen LogP contribution in [0.3, 0.4) is 0 Å². The van der Waals surface area contributed by atoms with Gasteiger partial charge in [-0.15, -0.1) is 0 Å². The lowest BCUT2D eigenvalue weighted by atomic mass is 10.1. The molecule has 3 aromatic rings. The number of carbonyl (C=O) groups is 4. The van der Waals surface area contributed by atoms with Crippen LogP contribution in [0, 0.1) is 11.6 Å². The molecule has 0 bridgehead atoms. The van der Waals surface area contributed by atoms with Gasteiger partial charge < -0.3 is 28.4 Å². The van der Waals surface area contributed by atoms with E-state index in [-0.39, 0.29) is 23.1 Å². The fraction of sp³-hybridized carbons (Fsp3) is 0.536. The SMILES string of the molecule is C=C(C)C(=O)OCCCCCCCCCCCCCCOc1ccc(C(=O)Oc2ccc(OC(=O)c3ccc(OCCCCCCCCCCCCCCOC(=O)C(=C)C)cc3)c(F)c2F)cc1. The Bertz CT molecular complexity index is 1820. The van der Waals surface area contributed by atoms with E-state index in [0.717, 1.165) is 89.2 Å². The molecule has 0 N–H and O–H groups in total. The predicted molar refractivity (Wildman–Crippen MR) is 263 cm³/mol. The van der Waals surface area contributed by atoms with Crippen LogP contribution in [-0.2, 0) is 19.1 Å². The molecule has 0 saturated carbocycles. The van der Waals surface area contributed by atoms with Gasteiger partial charge in [-0.3, -0.25) is 0 Å². The molecule has 0 heterocycles. The van der Waals surface area contributed by atoms with Crippen molar-refractivity contribution in [2.45, 2.75) is 168 Å². The predicted octanol–water partition coefficient (Wildman–Crippen LogP) is 14.8. The molecule has 0 amide bonds. The fourth-order valence-corrected chi connectivity index (χ4v) is 7.26. The Labute approximate surface area is 404 Å². The van der Waals surface area contributed by atoms with Crippen LogP contribution in [-0.4, -0.2) is 50.3 Å². The third kappa shape index (κ3) is 24.5. The minimum atomic E-state index is -1.46. The van der Waals surface area contributed by atoms with Crippen molar-refractivity contribution < 1.29 is 56.4 Å². The van der Waals surface area contributed by atoms with Crippen molar-refractivity contribution in [1.29, 1.82) is 0 Å². The summed E-state index contributed by atoms with van der Waals surface area (Å²) in [5.41, 5.74) is 1.13. The normalized spacial score (nSPS) is 10.9. The highest BCUT2D eigenvalue weighted by Crippen LogP contribution is 2.29. The van der Waals surface area contributed by atoms with E-state index in [0.29, 0.717) is 49.1 Å². The van der Waals surface area contributed by atoms with Gasteiger partial charge in [-0.05, 0) is 100 Å². The number of rotatable bonds is 38. The Hall–Kier alpha value is -5.52. The van der Waals surface area contributed by atoms with Gasteiger partial charge in [0.05, 0.1) is 37.6 Å². The van der Waals surface area contributed by atoms with Crippen molar-refractivity contribution in [3.63, 3.8) is 0 Å². The van der Waals surface area contributed by atoms with Crippen molar-refractivity contribution in [1.82, 2.24) is 0 Å². The molecule has 3 aromatic carbocycles. The second kappa shape index (κ2) is 34.7. The molecular weight excluding hydrogens is 871 g/mol. The van der Waals surface area contributed by atoms with E-state index in [1.807, 2.05) is 0 Å². The minimum absolute atomic E-state index is 0.126. The second-order valence-corrected chi connectivity index (χ2v) is 17.5. The standard InChI is InChI=1S/C56H76F2O10/c1-43(2)53(59)65-41-27-23-19-15-11-7-5-9-13-17-21-25-39-63-47-33-29-45(30-34-47)55(61)67-49-37-38-50(52(58)51(49)57)68-56(62)46-31-35-48(36-32-46)64-40-26-22-18-14-10-6-8-12-16-20-24-28-42-66-54(60)44(3)4/h29-38H,1,3,5-28,39-42H2,2,4H3. The van der Waals surface area contributed by atoms with E-state index in [9.17, 15) is 28.0 Å². The zero-order valence-corrected chi connectivity index (χ0v) is 40.8. The molecule has 0 fully saturated rings. The van der Waals surface area contributed by atoms with Crippen molar-refractivity contribution in [2.24, 2.45) is 0 Å². The molecule has 0 aromatic heterocycles. The van der Waals surface area contributed by atoms with Gasteiger partial charge in [-0.25, -0.2) is 19.2 Å². The number of halogens is 2. The van der Waals surface area contributed by atoms with Gasteiger partial charge in [0, 0.05) is 11.1 Å². The number of benzene rings is 3. The molecule has 0 saturated heterocycles. The van der Waals surface area contributed by atoms with E-state index < -0.39 is 35.1 Å². The maximum Gasteiger partial charge on any atom is 0.343 e. The van der Waals surface area contributed by atoms with Gasteiger partial charge in [0.25, 0.3) is 0 Å². The fourth-order valence-electron chi connectivity index (χ4n) is 7.26. The molecular formula is C56H76F2O10. The van der Waals surface area contributed by atoms with Crippen molar-refractivity contribution >= 4 is 23.9 Å². The smallest absolute Gasteiger partial charge is 0.343 e. The van der Waals surface area contributed by atoms with Gasteiger partial charge in [-0.1, -0.05) is 142 Å². The summed E-state index contributed by atoms with van der Waals surface area (Å²) in [6.07, 6.45) is 27.2. The molecule has 68 heavy (non-hydrogen) atoms. The van der Waals surface area contributed by atoms with Crippen LogP contribution < -0.4 is 18.9 Å². The van der Waals surface area contributed by atoms with E-state index in [1.54, 1.807) is 38.1 Å². The monoisotopic (exact) mass is 947 g/mol. The third-order valence-electron chi connectivity index (χ3n) is 11.4. The first-order chi connectivity index (χ1) is 33.0. The first-order valence-electron chi connectivity index (χ1n) is 25.0. The number of esters is 4. The van der Waals surface area contributed by atoms with Gasteiger partial charge >= 0.3 is 23.9 Å². The summed E-state index contributed by atoms with van der Waals surface area (Å²) in [7, 11) is 0. The topological polar surface area (TPSA) is 124 Å². The van der Waals surface area contributed by atoms with E-state index in [4.69, 9.17) is 28.4 Å². The van der Waals surface area contributed by atoms with E-state index >= 15 is 0 Å². The lowest BCUT2D eigenvalue weighted by molar-refractivity contribution is -0.139. The van der Waals surface area contributed by atoms with Gasteiger partial charge in [0.2, 0.25) is 11.6 Å². The summed E-state index contributed by atoms with van der Waals surface area (Å²) < 4.78 is 62.1. The second-order valence-electron chi connectivity index (χ2n) is 17.5. The Balaban J connectivity index is 1.21. The van der Waals surface area contributed by atoms with Crippen LogP contribution in [0.5, 0.6) is 23.0 Å². The van der Waals surface area contributed by atoms with Crippen LogP contribution in [0.25, 0.3) is 0 Å². The maximum absolute atomic E-state index is 15.0. The third-order valence-corrected chi connectivity index (χ3v) is 11.4. The molecule has 0 unspecified atom stereocenters. The summed E-state index contributed by atoms with van der Waals surface area (Å²) in [5.74, 6) is -5.42. The van der Waals surface area contributed by atoms with Crippen molar-refractivity contribution in [3.8, 4) is 23.0 Å². The molecule has 0 spiro atoms. The first-order valence-corrected chi connectivity index (χ1v) is 25.0. The van der Waals surface area contributed by atoms with Crippen LogP contribution in [0.4, 0.5) is 8.78 Å². The summed E-state index contributed by atoms with van der Waals surface area (Å²) in [5, 5.41) is 0. The molecule has 12 heteroatoms. The van der Waals surface area contributed by atoms with Crippen molar-refractivity contribution in [3.05, 3.63) is 108 Å². The summed E-state index contributed by atoms with van der Waals surface area (Å²) in [4.78, 5) is 48.2. The van der Waals surface area contributed by atoms with Crippen LogP contribution in [0.2, 0.25) is 0 Å². The summed E-state index contributed by atoms with van der Waals surface area (Å²) >= 11 is 0. The Morgan fingerprint density at radius 3 is 0.897 bits per heavy atom. The van der Waals surface area contributed by atoms with Crippen molar-refractivity contribution in [2.75, 3.05) is 26.4 Å². The van der Waals surface area contributed by atoms with Gasteiger partial charge in [0.1, 0.15) is 11.5 Å². The summed E-state index contributed by atoms with van der Waals surface area (Å²) in [6.45, 7) is 12.5. The number of carbonyl (C=O) groups excluding carboxylic acids is 4. The number of hydrogen-bond acceptors (Lipinski definition) is 10. The van der Waals surface area contributed by atoms with Gasteiger partial charge in [0.15, 0.2) is 11.5 Å². The molecule has 3 rings (SSSR count). The zero-order chi connectivity index (χ0) is 49.2. The highest BCUT2D eigenvalue weighted by Gasteiger charge is 2.21.